The molecule has 2 aromatic carbocycles. The number of rotatable bonds is 4. The summed E-state index contributed by atoms with van der Waals surface area (Å²) in [6, 6.07) is 15.6. The van der Waals surface area contributed by atoms with Crippen molar-refractivity contribution in [2.75, 3.05) is 0 Å². The molecule has 0 spiro atoms. The molecule has 160 valence electrons. The number of carbonyl (C=O) groups is 1. The monoisotopic (exact) mass is 461 g/mol. The Bertz CT molecular complexity index is 1340. The highest BCUT2D eigenvalue weighted by atomic mass is 35.5. The minimum absolute atomic E-state index is 0.210. The van der Waals surface area contributed by atoms with Crippen molar-refractivity contribution in [3.63, 3.8) is 0 Å². The lowest BCUT2D eigenvalue weighted by Gasteiger charge is -2.07. The van der Waals surface area contributed by atoms with Crippen molar-refractivity contribution in [1.82, 2.24) is 24.1 Å². The van der Waals surface area contributed by atoms with Crippen LogP contribution in [0.5, 0.6) is 0 Å². The van der Waals surface area contributed by atoms with Crippen LogP contribution in [-0.4, -0.2) is 29.9 Å². The van der Waals surface area contributed by atoms with Gasteiger partial charge in [-0.05, 0) is 30.7 Å². The van der Waals surface area contributed by atoms with Crippen LogP contribution in [0.25, 0.3) is 16.8 Å². The first-order valence-corrected chi connectivity index (χ1v) is 11.0. The Morgan fingerprint density at radius 2 is 1.94 bits per heavy atom. The molecule has 6 nitrogen and oxygen atoms in total. The Hall–Kier alpha value is -3.55. The number of hydrogen-bond donors (Lipinski definition) is 0. The van der Waals surface area contributed by atoms with E-state index in [1.54, 1.807) is 47.9 Å². The first-order valence-electron chi connectivity index (χ1n) is 9.79. The zero-order chi connectivity index (χ0) is 22.5. The van der Waals surface area contributed by atoms with Gasteiger partial charge >= 0.3 is 0 Å². The number of thiazole rings is 1. The van der Waals surface area contributed by atoms with E-state index in [4.69, 9.17) is 11.6 Å². The third kappa shape index (κ3) is 4.85. The molecule has 8 heteroatoms. The summed E-state index contributed by atoms with van der Waals surface area (Å²) in [5.41, 5.74) is 5.03. The average molecular weight is 462 g/mol. The fraction of sp³-hybridized carbons (Fsp3) is 0.0833. The van der Waals surface area contributed by atoms with E-state index < -0.39 is 0 Å². The van der Waals surface area contributed by atoms with Crippen LogP contribution < -0.4 is 0 Å². The van der Waals surface area contributed by atoms with Crippen molar-refractivity contribution in [2.45, 2.75) is 6.92 Å². The number of halogens is 1. The molecule has 0 saturated carbocycles. The van der Waals surface area contributed by atoms with E-state index in [-0.39, 0.29) is 5.78 Å². The van der Waals surface area contributed by atoms with E-state index in [2.05, 4.69) is 15.0 Å². The summed E-state index contributed by atoms with van der Waals surface area (Å²) in [5.74, 6) is 0.151. The maximum Gasteiger partial charge on any atom is 0.248 e. The first-order chi connectivity index (χ1) is 15.5. The molecule has 0 aliphatic heterocycles. The van der Waals surface area contributed by atoms with Gasteiger partial charge in [-0.3, -0.25) is 9.78 Å². The largest absolute Gasteiger partial charge is 0.331 e. The van der Waals surface area contributed by atoms with Gasteiger partial charge in [0.1, 0.15) is 12.0 Å². The summed E-state index contributed by atoms with van der Waals surface area (Å²) < 4.78 is 3.50. The Labute approximate surface area is 194 Å². The fourth-order valence-corrected chi connectivity index (χ4v) is 3.74. The summed E-state index contributed by atoms with van der Waals surface area (Å²) in [4.78, 5) is 26.0. The van der Waals surface area contributed by atoms with Gasteiger partial charge in [-0.15, -0.1) is 11.3 Å². The van der Waals surface area contributed by atoms with Gasteiger partial charge in [0.25, 0.3) is 0 Å². The normalized spacial score (nSPS) is 10.5. The summed E-state index contributed by atoms with van der Waals surface area (Å²) in [6.07, 6.45) is 8.52. The third-order valence-electron chi connectivity index (χ3n) is 4.72. The Morgan fingerprint density at radius 1 is 1.09 bits per heavy atom. The first kappa shape index (κ1) is 21.7. The molecule has 0 aliphatic carbocycles. The Balaban J connectivity index is 0.000000354. The quantitative estimate of drug-likeness (QED) is 0.326. The molecule has 0 fully saturated rings. The maximum absolute atomic E-state index is 12.5. The topological polar surface area (TPSA) is 65.6 Å². The van der Waals surface area contributed by atoms with Crippen LogP contribution in [-0.2, 0) is 7.05 Å². The van der Waals surface area contributed by atoms with Gasteiger partial charge in [0.2, 0.25) is 5.78 Å². The van der Waals surface area contributed by atoms with Crippen LogP contribution >= 0.6 is 22.9 Å². The number of benzene rings is 2. The second-order valence-electron chi connectivity index (χ2n) is 7.00. The molecule has 0 aliphatic rings. The SMILES string of the molecule is Cc1cncs1.Cn1ccnc1C(=O)c1cn(-c2cccc(-c3ccccc3Cl)c2)cn1. The maximum atomic E-state index is 12.5. The average Bonchev–Trinajstić information content (AvgIpc) is 3.57. The van der Waals surface area contributed by atoms with Crippen LogP contribution in [0.15, 0.2) is 85.2 Å². The number of carbonyl (C=O) groups excluding carboxylic acids is 1. The molecular weight excluding hydrogens is 442 g/mol. The number of nitrogens with zero attached hydrogens (tertiary/aromatic N) is 5. The van der Waals surface area contributed by atoms with Gasteiger partial charge in [0.15, 0.2) is 5.82 Å². The van der Waals surface area contributed by atoms with Crippen LogP contribution in [0.2, 0.25) is 5.02 Å². The minimum Gasteiger partial charge on any atom is -0.331 e. The van der Waals surface area contributed by atoms with Crippen molar-refractivity contribution in [2.24, 2.45) is 7.05 Å². The molecule has 0 bridgehead atoms. The predicted molar refractivity (Wildman–Crippen MR) is 128 cm³/mol. The van der Waals surface area contributed by atoms with E-state index in [0.29, 0.717) is 16.5 Å². The molecular formula is C24H20ClN5OS. The molecule has 0 atom stereocenters. The Morgan fingerprint density at radius 3 is 2.59 bits per heavy atom. The lowest BCUT2D eigenvalue weighted by atomic mass is 10.1. The Kier molecular flexibility index (Phi) is 6.58. The molecule has 32 heavy (non-hydrogen) atoms. The highest BCUT2D eigenvalue weighted by Crippen LogP contribution is 2.28. The predicted octanol–water partition coefficient (Wildman–Crippen LogP) is 5.61. The molecule has 5 aromatic rings. The van der Waals surface area contributed by atoms with Gasteiger partial charge in [-0.25, -0.2) is 9.97 Å². The summed E-state index contributed by atoms with van der Waals surface area (Å²) in [6.45, 7) is 2.04. The highest BCUT2D eigenvalue weighted by Gasteiger charge is 2.17. The van der Waals surface area contributed by atoms with Crippen LogP contribution in [0.3, 0.4) is 0 Å². The van der Waals surface area contributed by atoms with Crippen LogP contribution in [0.1, 0.15) is 21.2 Å². The number of hydrogen-bond acceptors (Lipinski definition) is 5. The minimum atomic E-state index is -0.210. The second kappa shape index (κ2) is 9.72. The van der Waals surface area contributed by atoms with E-state index in [1.165, 1.54) is 4.88 Å². The second-order valence-corrected chi connectivity index (χ2v) is 8.50. The summed E-state index contributed by atoms with van der Waals surface area (Å²) in [5, 5.41) is 0.695. The molecule has 0 unspecified atom stereocenters. The highest BCUT2D eigenvalue weighted by molar-refractivity contribution is 7.09. The molecule has 0 amide bonds. The van der Waals surface area contributed by atoms with Crippen molar-refractivity contribution in [3.05, 3.63) is 107 Å². The fourth-order valence-electron chi connectivity index (χ4n) is 3.09. The number of aryl methyl sites for hydroxylation is 2. The molecule has 5 rings (SSSR count). The smallest absolute Gasteiger partial charge is 0.248 e. The third-order valence-corrected chi connectivity index (χ3v) is 5.76. The summed E-state index contributed by atoms with van der Waals surface area (Å²) >= 11 is 7.97. The van der Waals surface area contributed by atoms with Gasteiger partial charge in [-0.1, -0.05) is 41.9 Å². The van der Waals surface area contributed by atoms with Crippen molar-refractivity contribution in [1.29, 1.82) is 0 Å². The molecule has 3 heterocycles. The van der Waals surface area contributed by atoms with Gasteiger partial charge < -0.3 is 9.13 Å². The van der Waals surface area contributed by atoms with E-state index in [1.807, 2.05) is 71.7 Å². The molecule has 0 saturated heterocycles. The molecule has 0 radical (unpaired) electrons. The van der Waals surface area contributed by atoms with Gasteiger partial charge in [0.05, 0.1) is 5.51 Å². The molecule has 0 N–H and O–H groups in total. The van der Waals surface area contributed by atoms with Crippen molar-refractivity contribution in [3.8, 4) is 16.8 Å². The number of ketones is 1. The van der Waals surface area contributed by atoms with E-state index in [9.17, 15) is 4.79 Å². The zero-order valence-corrected chi connectivity index (χ0v) is 19.1. The van der Waals surface area contributed by atoms with Gasteiger partial charge in [0, 0.05) is 53.0 Å². The van der Waals surface area contributed by atoms with Crippen molar-refractivity contribution < 1.29 is 4.79 Å². The van der Waals surface area contributed by atoms with Crippen LogP contribution in [0.4, 0.5) is 0 Å². The van der Waals surface area contributed by atoms with Crippen molar-refractivity contribution >= 4 is 28.7 Å². The van der Waals surface area contributed by atoms with E-state index >= 15 is 0 Å². The summed E-state index contributed by atoms with van der Waals surface area (Å²) in [7, 11) is 1.78. The lowest BCUT2D eigenvalue weighted by molar-refractivity contribution is 0.102. The van der Waals surface area contributed by atoms with E-state index in [0.717, 1.165) is 16.8 Å². The number of imidazole rings is 2. The zero-order valence-electron chi connectivity index (χ0n) is 17.5. The number of aromatic nitrogens is 5. The standard InChI is InChI=1S/C20H15ClN4O.C4H5NS/c1-24-10-9-22-20(24)19(26)18-12-25(13-23-18)15-6-4-5-14(11-15)16-7-2-3-8-17(16)21;1-4-2-5-3-6-4/h2-13H,1H3;2-3H,1H3. The van der Waals surface area contributed by atoms with Gasteiger partial charge in [-0.2, -0.15) is 0 Å². The lowest BCUT2D eigenvalue weighted by Crippen LogP contribution is -2.08. The molecule has 3 aromatic heterocycles. The van der Waals surface area contributed by atoms with Crippen LogP contribution in [0, 0.1) is 6.92 Å².